The predicted molar refractivity (Wildman–Crippen MR) is 113 cm³/mol. The van der Waals surface area contributed by atoms with Crippen LogP contribution < -0.4 is 10.6 Å². The number of hydrogen-bond acceptors (Lipinski definition) is 3. The monoisotopic (exact) mass is 500 g/mol. The summed E-state index contributed by atoms with van der Waals surface area (Å²) in [5.74, 6) is -3.95. The Morgan fingerprint density at radius 3 is 1.83 bits per heavy atom. The molecule has 0 fully saturated rings. The van der Waals surface area contributed by atoms with Crippen molar-refractivity contribution in [3.8, 4) is 0 Å². The summed E-state index contributed by atoms with van der Waals surface area (Å²) in [6.45, 7) is 0. The fraction of sp³-hybridized carbons (Fsp3) is 0.375. The molecule has 0 aliphatic heterocycles. The van der Waals surface area contributed by atoms with Crippen molar-refractivity contribution in [2.75, 3.05) is 0 Å². The predicted octanol–water partition coefficient (Wildman–Crippen LogP) is 5.13. The van der Waals surface area contributed by atoms with E-state index in [4.69, 9.17) is 0 Å². The highest BCUT2D eigenvalue weighted by Crippen LogP contribution is 2.31. The Kier molecular flexibility index (Phi) is 7.86. The molecule has 0 unspecified atom stereocenters. The molecule has 0 spiro atoms. The topological polar surface area (TPSA) is 75.3 Å². The lowest BCUT2D eigenvalue weighted by molar-refractivity contribution is -0.174. The zero-order valence-corrected chi connectivity index (χ0v) is 18.3. The van der Waals surface area contributed by atoms with E-state index in [1.807, 2.05) is 17.4 Å². The van der Waals surface area contributed by atoms with Gasteiger partial charge in [0, 0.05) is 12.0 Å². The molecule has 0 aromatic heterocycles. The minimum atomic E-state index is -4.91. The highest BCUT2D eigenvalue weighted by molar-refractivity contribution is 5.99. The highest BCUT2D eigenvalue weighted by Gasteiger charge is 2.41. The number of Topliss-reactive ketones (excluding diaryl/α,β-unsaturated/α-hetero) is 1. The van der Waals surface area contributed by atoms with Gasteiger partial charge in [0.2, 0.25) is 0 Å². The first kappa shape index (κ1) is 26.2. The van der Waals surface area contributed by atoms with Gasteiger partial charge in [-0.3, -0.25) is 14.4 Å². The number of ketones is 1. The number of rotatable bonds is 2. The number of benzene rings is 2. The number of alkyl halides is 6. The van der Waals surface area contributed by atoms with Crippen molar-refractivity contribution in [3.05, 3.63) is 70.8 Å². The van der Waals surface area contributed by atoms with Gasteiger partial charge in [-0.15, -0.1) is 0 Å². The van der Waals surface area contributed by atoms with Crippen LogP contribution >= 0.6 is 0 Å². The average molecular weight is 500 g/mol. The van der Waals surface area contributed by atoms with Gasteiger partial charge in [0.05, 0.1) is 12.1 Å². The second-order valence-corrected chi connectivity index (χ2v) is 8.19. The third-order valence-electron chi connectivity index (χ3n) is 5.79. The lowest BCUT2D eigenvalue weighted by atomic mass is 9.87. The molecule has 2 aromatic rings. The average Bonchev–Trinajstić information content (AvgIpc) is 2.80. The number of halogens is 6. The summed E-state index contributed by atoms with van der Waals surface area (Å²) >= 11 is 0. The highest BCUT2D eigenvalue weighted by atomic mass is 19.4. The zero-order valence-electron chi connectivity index (χ0n) is 18.3. The first-order valence-electron chi connectivity index (χ1n) is 10.8. The summed E-state index contributed by atoms with van der Waals surface area (Å²) in [7, 11) is 0. The van der Waals surface area contributed by atoms with Crippen LogP contribution in [0.2, 0.25) is 0 Å². The Hall–Kier alpha value is -3.37. The van der Waals surface area contributed by atoms with Crippen molar-refractivity contribution < 1.29 is 40.7 Å². The van der Waals surface area contributed by atoms with Gasteiger partial charge < -0.3 is 10.6 Å². The van der Waals surface area contributed by atoms with Crippen LogP contribution in [0.4, 0.5) is 26.3 Å². The largest absolute Gasteiger partial charge is 0.471 e. The second-order valence-electron chi connectivity index (χ2n) is 8.19. The van der Waals surface area contributed by atoms with Crippen molar-refractivity contribution in [1.29, 1.82) is 0 Å². The maximum Gasteiger partial charge on any atom is 0.471 e. The van der Waals surface area contributed by atoms with Crippen LogP contribution in [0, 0.1) is 0 Å². The van der Waals surface area contributed by atoms with Crippen molar-refractivity contribution in [3.63, 3.8) is 0 Å². The molecule has 5 nitrogen and oxygen atoms in total. The van der Waals surface area contributed by atoms with Crippen LogP contribution in [-0.2, 0) is 16.0 Å². The minimum absolute atomic E-state index is 0.108. The molecule has 2 aromatic carbocycles. The van der Waals surface area contributed by atoms with Gasteiger partial charge in [0.15, 0.2) is 5.78 Å². The molecule has 0 saturated carbocycles. The molecule has 188 valence electrons. The summed E-state index contributed by atoms with van der Waals surface area (Å²) in [6, 6.07) is 12.4. The molecule has 0 saturated heterocycles. The molecular weight excluding hydrogens is 478 g/mol. The maximum absolute atomic E-state index is 12.2. The fourth-order valence-electron chi connectivity index (χ4n) is 4.15. The van der Waals surface area contributed by atoms with Crippen molar-refractivity contribution >= 4 is 17.6 Å². The Morgan fingerprint density at radius 2 is 1.23 bits per heavy atom. The third kappa shape index (κ3) is 6.61. The van der Waals surface area contributed by atoms with E-state index in [0.717, 1.165) is 24.0 Å². The van der Waals surface area contributed by atoms with E-state index in [1.54, 1.807) is 36.4 Å². The number of nitrogens with one attached hydrogen (secondary N) is 2. The quantitative estimate of drug-likeness (QED) is 0.562. The van der Waals surface area contributed by atoms with Gasteiger partial charge in [-0.25, -0.2) is 0 Å². The van der Waals surface area contributed by atoms with Gasteiger partial charge in [-0.2, -0.15) is 26.3 Å². The Labute approximate surface area is 196 Å². The zero-order chi connectivity index (χ0) is 25.8. The first-order chi connectivity index (χ1) is 16.4. The number of carbonyl (C=O) groups excluding carboxylic acids is 3. The molecule has 2 amide bonds. The maximum atomic E-state index is 12.2. The number of carbonyl (C=O) groups is 3. The number of amides is 2. The standard InChI is InChI=1S/C12H10F3NO2.C12H12F3NO/c13-12(14,15)11(18)16-9-5-6-10(17)8-4-2-1-3-7(8)9;13-12(14,15)11(17)16-10-7-3-5-8-4-1-2-6-9(8)10/h1-4,9H,5-6H2,(H,16,18);1-2,4,6,10H,3,5,7H2,(H,16,17)/t9-;10-/m11/s1. The van der Waals surface area contributed by atoms with Crippen LogP contribution in [0.25, 0.3) is 0 Å². The van der Waals surface area contributed by atoms with E-state index < -0.39 is 36.3 Å². The lowest BCUT2D eigenvalue weighted by Crippen LogP contribution is -2.40. The van der Waals surface area contributed by atoms with E-state index in [0.29, 0.717) is 17.5 Å². The number of hydrogen-bond donors (Lipinski definition) is 2. The summed E-state index contributed by atoms with van der Waals surface area (Å²) in [5, 5.41) is 3.97. The van der Waals surface area contributed by atoms with Gasteiger partial charge >= 0.3 is 24.2 Å². The molecule has 0 radical (unpaired) electrons. The molecule has 35 heavy (non-hydrogen) atoms. The van der Waals surface area contributed by atoms with Crippen molar-refractivity contribution in [2.24, 2.45) is 0 Å². The SMILES string of the molecule is O=C(N[C@@H]1CCCc2ccccc21)C(F)(F)F.O=C1CC[C@@H](NC(=O)C(F)(F)F)c2ccccc21. The minimum Gasteiger partial charge on any atom is -0.341 e. The van der Waals surface area contributed by atoms with E-state index in [2.05, 4.69) is 5.32 Å². The summed E-state index contributed by atoms with van der Waals surface area (Å²) in [6.07, 6.45) is -7.19. The van der Waals surface area contributed by atoms with Crippen LogP contribution in [-0.4, -0.2) is 30.0 Å². The van der Waals surface area contributed by atoms with E-state index in [9.17, 15) is 40.7 Å². The molecule has 2 aliphatic rings. The molecule has 2 atom stereocenters. The number of aryl methyl sites for hydroxylation is 1. The molecule has 0 bridgehead atoms. The second kappa shape index (κ2) is 10.5. The van der Waals surface area contributed by atoms with Gasteiger partial charge in [-0.1, -0.05) is 48.5 Å². The molecule has 2 N–H and O–H groups in total. The van der Waals surface area contributed by atoms with E-state index >= 15 is 0 Å². The molecule has 2 aliphatic carbocycles. The number of fused-ring (bicyclic) bond motifs is 2. The Morgan fingerprint density at radius 1 is 0.714 bits per heavy atom. The summed E-state index contributed by atoms with van der Waals surface area (Å²) in [5.41, 5.74) is 2.66. The normalized spacial score (nSPS) is 19.4. The summed E-state index contributed by atoms with van der Waals surface area (Å²) < 4.78 is 73.0. The van der Waals surface area contributed by atoms with Gasteiger partial charge in [0.25, 0.3) is 0 Å². The summed E-state index contributed by atoms with van der Waals surface area (Å²) in [4.78, 5) is 33.4. The fourth-order valence-corrected chi connectivity index (χ4v) is 4.15. The third-order valence-corrected chi connectivity index (χ3v) is 5.79. The molecule has 0 heterocycles. The molecular formula is C24H22F6N2O3. The van der Waals surface area contributed by atoms with Gasteiger partial charge in [0.1, 0.15) is 0 Å². The first-order valence-corrected chi connectivity index (χ1v) is 10.8. The van der Waals surface area contributed by atoms with E-state index in [1.165, 1.54) is 0 Å². The van der Waals surface area contributed by atoms with Crippen LogP contribution in [0.3, 0.4) is 0 Å². The van der Waals surface area contributed by atoms with Crippen molar-refractivity contribution in [2.45, 2.75) is 56.5 Å². The molecule has 4 rings (SSSR count). The van der Waals surface area contributed by atoms with Crippen LogP contribution in [0.5, 0.6) is 0 Å². The van der Waals surface area contributed by atoms with E-state index in [-0.39, 0.29) is 18.6 Å². The smallest absolute Gasteiger partial charge is 0.341 e. The molecule has 11 heteroatoms. The van der Waals surface area contributed by atoms with Crippen LogP contribution in [0.1, 0.15) is 64.8 Å². The Balaban J connectivity index is 0.000000196. The van der Waals surface area contributed by atoms with Crippen molar-refractivity contribution in [1.82, 2.24) is 10.6 Å². The van der Waals surface area contributed by atoms with Gasteiger partial charge in [-0.05, 0) is 42.4 Å². The van der Waals surface area contributed by atoms with Crippen LogP contribution in [0.15, 0.2) is 48.5 Å². The lowest BCUT2D eigenvalue weighted by Gasteiger charge is -2.26. The Bertz CT molecular complexity index is 1100.